The molecule has 0 aliphatic carbocycles. The zero-order valence-electron chi connectivity index (χ0n) is 10.9. The van der Waals surface area contributed by atoms with Crippen molar-refractivity contribution in [2.24, 2.45) is 0 Å². The number of hydrogen-bond donors (Lipinski definition) is 2. The molecule has 0 radical (unpaired) electrons. The minimum absolute atomic E-state index is 0.00322. The van der Waals surface area contributed by atoms with E-state index >= 15 is 0 Å². The minimum Gasteiger partial charge on any atom is -0.477 e. The van der Waals surface area contributed by atoms with Crippen LogP contribution in [0.25, 0.3) is 0 Å². The van der Waals surface area contributed by atoms with Gasteiger partial charge in [-0.3, -0.25) is 0 Å². The van der Waals surface area contributed by atoms with Crippen LogP contribution in [-0.4, -0.2) is 22.2 Å². The highest BCUT2D eigenvalue weighted by molar-refractivity contribution is 6.47. The van der Waals surface area contributed by atoms with E-state index in [0.29, 0.717) is 11.1 Å². The molecule has 0 saturated carbocycles. The lowest BCUT2D eigenvalue weighted by molar-refractivity contribution is -0.132. The van der Waals surface area contributed by atoms with Crippen LogP contribution in [0, 0.1) is 0 Å². The molecule has 118 valence electrons. The van der Waals surface area contributed by atoms with Gasteiger partial charge in [0, 0.05) is 22.9 Å². The van der Waals surface area contributed by atoms with Gasteiger partial charge >= 0.3 is 11.9 Å². The first-order valence-corrected chi connectivity index (χ1v) is 7.36. The van der Waals surface area contributed by atoms with E-state index in [1.165, 1.54) is 0 Å². The van der Waals surface area contributed by atoms with Crippen molar-refractivity contribution in [2.75, 3.05) is 0 Å². The molecular weight excluding hydrogens is 374 g/mol. The molecule has 2 N–H and O–H groups in total. The summed E-state index contributed by atoms with van der Waals surface area (Å²) in [6.45, 7) is 0. The number of allylic oxidation sites excluding steroid dienone is 2. The van der Waals surface area contributed by atoms with Crippen LogP contribution < -0.4 is 0 Å². The summed E-state index contributed by atoms with van der Waals surface area (Å²) in [5.41, 5.74) is 1.41. The first-order chi connectivity index (χ1) is 10.2. The summed E-state index contributed by atoms with van der Waals surface area (Å²) >= 11 is 22.8. The normalized spacial score (nSPS) is 13.3. The molecule has 1 rings (SSSR count). The van der Waals surface area contributed by atoms with E-state index < -0.39 is 22.0 Å². The Morgan fingerprint density at radius 2 is 1.18 bits per heavy atom. The fourth-order valence-electron chi connectivity index (χ4n) is 1.60. The lowest BCUT2D eigenvalue weighted by Crippen LogP contribution is -2.00. The summed E-state index contributed by atoms with van der Waals surface area (Å²) in [5, 5.41) is 16.6. The molecule has 1 aromatic rings. The van der Waals surface area contributed by atoms with Crippen LogP contribution in [0.2, 0.25) is 0 Å². The maximum atomic E-state index is 10.7. The average Bonchev–Trinajstić information content (AvgIpc) is 2.45. The van der Waals surface area contributed by atoms with Crippen molar-refractivity contribution in [1.29, 1.82) is 0 Å². The van der Waals surface area contributed by atoms with Gasteiger partial charge in [0.1, 0.15) is 10.1 Å². The van der Waals surface area contributed by atoms with Gasteiger partial charge in [0.15, 0.2) is 0 Å². The Labute approximate surface area is 146 Å². The fraction of sp³-hybridized carbons (Fsp3) is 0.143. The number of halogens is 4. The maximum Gasteiger partial charge on any atom is 0.348 e. The molecule has 0 fully saturated rings. The van der Waals surface area contributed by atoms with E-state index in [0.717, 1.165) is 0 Å². The van der Waals surface area contributed by atoms with Gasteiger partial charge < -0.3 is 10.2 Å². The highest BCUT2D eigenvalue weighted by Crippen LogP contribution is 2.23. The zero-order valence-corrected chi connectivity index (χ0v) is 14.0. The summed E-state index contributed by atoms with van der Waals surface area (Å²) in [4.78, 5) is 21.4. The zero-order chi connectivity index (χ0) is 16.9. The van der Waals surface area contributed by atoms with E-state index in [2.05, 4.69) is 0 Å². The second-order valence-electron chi connectivity index (χ2n) is 4.22. The fourth-order valence-corrected chi connectivity index (χ4v) is 2.20. The molecule has 4 nitrogen and oxygen atoms in total. The molecule has 0 aromatic heterocycles. The smallest absolute Gasteiger partial charge is 0.348 e. The lowest BCUT2D eigenvalue weighted by Gasteiger charge is -2.06. The highest BCUT2D eigenvalue weighted by Gasteiger charge is 2.12. The van der Waals surface area contributed by atoms with Crippen LogP contribution in [0.15, 0.2) is 44.4 Å². The molecule has 8 heteroatoms. The van der Waals surface area contributed by atoms with Crippen molar-refractivity contribution in [2.45, 2.75) is 12.8 Å². The first-order valence-electron chi connectivity index (χ1n) is 5.85. The number of hydrogen-bond acceptors (Lipinski definition) is 2. The monoisotopic (exact) mass is 382 g/mol. The van der Waals surface area contributed by atoms with Gasteiger partial charge in [0.25, 0.3) is 0 Å². The van der Waals surface area contributed by atoms with Gasteiger partial charge in [-0.2, -0.15) is 0 Å². The number of carboxylic acids is 2. The van der Waals surface area contributed by atoms with E-state index in [-0.39, 0.29) is 22.9 Å². The van der Waals surface area contributed by atoms with Crippen molar-refractivity contribution in [3.8, 4) is 0 Å². The summed E-state index contributed by atoms with van der Waals surface area (Å²) in [6.07, 6.45) is 0.267. The highest BCUT2D eigenvalue weighted by atomic mass is 35.5. The third kappa shape index (κ3) is 5.54. The molecule has 0 saturated heterocycles. The second-order valence-corrected chi connectivity index (χ2v) is 5.89. The molecule has 1 aromatic carbocycles. The molecule has 0 aliphatic rings. The second kappa shape index (κ2) is 8.44. The molecule has 0 aliphatic heterocycles. The summed E-state index contributed by atoms with van der Waals surface area (Å²) in [6, 6.07) is 6.88. The molecular formula is C14H10Cl4O4. The number of carbonyl (C=O) groups is 2. The average molecular weight is 384 g/mol. The van der Waals surface area contributed by atoms with E-state index in [1.54, 1.807) is 24.3 Å². The third-order valence-corrected chi connectivity index (χ3v) is 4.18. The minimum atomic E-state index is -1.30. The van der Waals surface area contributed by atoms with Gasteiger partial charge in [-0.1, -0.05) is 70.7 Å². The molecule has 0 bridgehead atoms. The maximum absolute atomic E-state index is 10.7. The Kier molecular flexibility index (Phi) is 7.23. The number of rotatable bonds is 6. The van der Waals surface area contributed by atoms with E-state index in [4.69, 9.17) is 56.6 Å². The predicted molar refractivity (Wildman–Crippen MR) is 86.6 cm³/mol. The van der Waals surface area contributed by atoms with Gasteiger partial charge in [-0.25, -0.2) is 9.59 Å². The van der Waals surface area contributed by atoms with Crippen LogP contribution in [0.5, 0.6) is 0 Å². The van der Waals surface area contributed by atoms with Crippen molar-refractivity contribution in [1.82, 2.24) is 0 Å². The Morgan fingerprint density at radius 1 is 0.818 bits per heavy atom. The third-order valence-electron chi connectivity index (χ3n) is 2.56. The number of benzene rings is 1. The molecule has 0 unspecified atom stereocenters. The Balaban J connectivity index is 2.97. The van der Waals surface area contributed by atoms with E-state index in [1.807, 2.05) is 0 Å². The molecule has 0 spiro atoms. The Hall–Kier alpha value is -1.20. The largest absolute Gasteiger partial charge is 0.477 e. The molecule has 0 heterocycles. The number of carboxylic acid groups (broad SMARTS) is 2. The van der Waals surface area contributed by atoms with Gasteiger partial charge in [0.05, 0.1) is 0 Å². The van der Waals surface area contributed by atoms with Crippen molar-refractivity contribution < 1.29 is 19.8 Å². The topological polar surface area (TPSA) is 74.6 Å². The van der Waals surface area contributed by atoms with Crippen LogP contribution >= 0.6 is 46.4 Å². The Morgan fingerprint density at radius 3 is 1.50 bits per heavy atom. The summed E-state index contributed by atoms with van der Waals surface area (Å²) in [5.74, 6) is -2.61. The lowest BCUT2D eigenvalue weighted by atomic mass is 10.1. The first kappa shape index (κ1) is 18.8. The van der Waals surface area contributed by atoms with Gasteiger partial charge in [0.2, 0.25) is 0 Å². The molecule has 22 heavy (non-hydrogen) atoms. The van der Waals surface area contributed by atoms with Gasteiger partial charge in [-0.15, -0.1) is 0 Å². The summed E-state index contributed by atoms with van der Waals surface area (Å²) in [7, 11) is 0. The predicted octanol–water partition coefficient (Wildman–Crippen LogP) is 4.32. The SMILES string of the molecule is O=C(O)C(Cl)=C(Cl)Cc1cccc(CC(Cl)=C(Cl)C(=O)O)c1. The van der Waals surface area contributed by atoms with Crippen molar-refractivity contribution in [3.63, 3.8) is 0 Å². The van der Waals surface area contributed by atoms with Crippen LogP contribution in [0.3, 0.4) is 0 Å². The van der Waals surface area contributed by atoms with E-state index in [9.17, 15) is 9.59 Å². The molecule has 0 atom stereocenters. The standard InChI is InChI=1S/C14H10Cl4O4/c15-9(11(17)13(19)20)5-7-2-1-3-8(4-7)6-10(16)12(18)14(21)22/h1-4H,5-6H2,(H,19,20)(H,21,22). The van der Waals surface area contributed by atoms with Gasteiger partial charge in [-0.05, 0) is 11.1 Å². The van der Waals surface area contributed by atoms with Crippen molar-refractivity contribution >= 4 is 58.3 Å². The number of aliphatic carboxylic acids is 2. The molecule has 0 amide bonds. The quantitative estimate of drug-likeness (QED) is 0.717. The summed E-state index contributed by atoms with van der Waals surface area (Å²) < 4.78 is 0. The van der Waals surface area contributed by atoms with Crippen LogP contribution in [0.1, 0.15) is 11.1 Å². The van der Waals surface area contributed by atoms with Crippen LogP contribution in [0.4, 0.5) is 0 Å². The Bertz CT molecular complexity index is 611. The van der Waals surface area contributed by atoms with Crippen molar-refractivity contribution in [3.05, 3.63) is 55.5 Å². The van der Waals surface area contributed by atoms with Crippen LogP contribution in [-0.2, 0) is 22.4 Å².